The Morgan fingerprint density at radius 2 is 1.83 bits per heavy atom. The van der Waals surface area contributed by atoms with E-state index in [1.165, 1.54) is 11.8 Å². The highest BCUT2D eigenvalue weighted by molar-refractivity contribution is 7.99. The van der Waals surface area contributed by atoms with Crippen LogP contribution in [0.2, 0.25) is 0 Å². The van der Waals surface area contributed by atoms with E-state index in [4.69, 9.17) is 9.47 Å². The van der Waals surface area contributed by atoms with E-state index in [0.717, 1.165) is 28.8 Å². The van der Waals surface area contributed by atoms with Gasteiger partial charge in [-0.3, -0.25) is 4.79 Å². The molecule has 152 valence electrons. The smallest absolute Gasteiger partial charge is 0.234 e. The van der Waals surface area contributed by atoms with Crippen LogP contribution in [0.5, 0.6) is 11.5 Å². The molecule has 7 nitrogen and oxygen atoms in total. The number of benzene rings is 2. The second kappa shape index (κ2) is 9.97. The van der Waals surface area contributed by atoms with Crippen molar-refractivity contribution in [2.45, 2.75) is 25.0 Å². The number of hydrogen-bond donors (Lipinski definition) is 1. The minimum absolute atomic E-state index is 0.106. The number of thioether (sulfide) groups is 1. The Bertz CT molecular complexity index is 957. The van der Waals surface area contributed by atoms with Crippen LogP contribution in [0.4, 0.5) is 5.69 Å². The van der Waals surface area contributed by atoms with Crippen molar-refractivity contribution in [1.29, 1.82) is 0 Å². The fraction of sp³-hybridized carbons (Fsp3) is 0.286. The fourth-order valence-corrected chi connectivity index (χ4v) is 3.65. The first-order chi connectivity index (χ1) is 14.1. The van der Waals surface area contributed by atoms with Crippen molar-refractivity contribution in [2.24, 2.45) is 0 Å². The summed E-state index contributed by atoms with van der Waals surface area (Å²) in [4.78, 5) is 12.3. The summed E-state index contributed by atoms with van der Waals surface area (Å²) in [6.45, 7) is 2.78. The monoisotopic (exact) mass is 412 g/mol. The molecule has 0 saturated carbocycles. The molecular formula is C21H24N4O3S. The third kappa shape index (κ3) is 5.51. The Balaban J connectivity index is 1.61. The normalized spacial score (nSPS) is 10.6. The lowest BCUT2D eigenvalue weighted by molar-refractivity contribution is -0.113. The molecule has 0 fully saturated rings. The zero-order valence-corrected chi connectivity index (χ0v) is 17.5. The molecule has 8 heteroatoms. The summed E-state index contributed by atoms with van der Waals surface area (Å²) in [7, 11) is 3.24. The Hall–Kier alpha value is -3.00. The highest BCUT2D eigenvalue weighted by Gasteiger charge is 2.14. The van der Waals surface area contributed by atoms with Crippen LogP contribution in [0.3, 0.4) is 0 Å². The number of nitrogens with zero attached hydrogens (tertiary/aromatic N) is 3. The van der Waals surface area contributed by atoms with Gasteiger partial charge in [0, 0.05) is 24.7 Å². The molecule has 0 saturated heterocycles. The molecule has 2 aromatic carbocycles. The Morgan fingerprint density at radius 1 is 1.07 bits per heavy atom. The van der Waals surface area contributed by atoms with Crippen LogP contribution in [-0.4, -0.2) is 40.6 Å². The predicted octanol–water partition coefficient (Wildman–Crippen LogP) is 3.64. The van der Waals surface area contributed by atoms with Gasteiger partial charge in [0.1, 0.15) is 17.3 Å². The lowest BCUT2D eigenvalue weighted by atomic mass is 10.1. The maximum atomic E-state index is 12.3. The quantitative estimate of drug-likeness (QED) is 0.541. The minimum atomic E-state index is -0.106. The van der Waals surface area contributed by atoms with E-state index in [0.29, 0.717) is 17.9 Å². The molecule has 0 radical (unpaired) electrons. The first kappa shape index (κ1) is 20.7. The van der Waals surface area contributed by atoms with Gasteiger partial charge in [-0.25, -0.2) is 0 Å². The van der Waals surface area contributed by atoms with Crippen LogP contribution in [0, 0.1) is 0 Å². The molecule has 3 aromatic rings. The second-order valence-corrected chi connectivity index (χ2v) is 7.18. The Morgan fingerprint density at radius 3 is 2.52 bits per heavy atom. The topological polar surface area (TPSA) is 78.3 Å². The molecule has 1 aromatic heterocycles. The third-order valence-electron chi connectivity index (χ3n) is 4.32. The van der Waals surface area contributed by atoms with Crippen molar-refractivity contribution in [2.75, 3.05) is 25.3 Å². The van der Waals surface area contributed by atoms with Gasteiger partial charge in [0.2, 0.25) is 5.91 Å². The van der Waals surface area contributed by atoms with E-state index in [1.807, 2.05) is 54.0 Å². The van der Waals surface area contributed by atoms with E-state index in [1.54, 1.807) is 20.3 Å². The molecule has 0 aliphatic heterocycles. The first-order valence-corrected chi connectivity index (χ1v) is 10.2. The summed E-state index contributed by atoms with van der Waals surface area (Å²) in [6, 6.07) is 15.2. The van der Waals surface area contributed by atoms with Crippen molar-refractivity contribution in [3.63, 3.8) is 0 Å². The molecule has 1 heterocycles. The van der Waals surface area contributed by atoms with E-state index in [2.05, 4.69) is 15.5 Å². The van der Waals surface area contributed by atoms with Crippen LogP contribution < -0.4 is 14.8 Å². The molecule has 0 bridgehead atoms. The maximum absolute atomic E-state index is 12.3. The zero-order chi connectivity index (χ0) is 20.6. The fourth-order valence-electron chi connectivity index (χ4n) is 2.83. The lowest BCUT2D eigenvalue weighted by Crippen LogP contribution is -2.14. The number of ether oxygens (including phenoxy) is 2. The Kier molecular flexibility index (Phi) is 7.13. The number of carbonyl (C=O) groups excluding carboxylic acids is 1. The second-order valence-electron chi connectivity index (χ2n) is 6.24. The summed E-state index contributed by atoms with van der Waals surface area (Å²) in [5.41, 5.74) is 1.83. The number of methoxy groups -OCH3 is 2. The molecule has 0 spiro atoms. The number of carbonyl (C=O) groups is 1. The molecule has 3 rings (SSSR count). The van der Waals surface area contributed by atoms with E-state index < -0.39 is 0 Å². The molecule has 1 N–H and O–H groups in total. The van der Waals surface area contributed by atoms with Crippen LogP contribution >= 0.6 is 11.8 Å². The molecule has 0 aliphatic carbocycles. The minimum Gasteiger partial charge on any atom is -0.497 e. The lowest BCUT2D eigenvalue weighted by Gasteiger charge is -2.09. The van der Waals surface area contributed by atoms with E-state index in [9.17, 15) is 4.79 Å². The summed E-state index contributed by atoms with van der Waals surface area (Å²) >= 11 is 1.37. The zero-order valence-electron chi connectivity index (χ0n) is 16.7. The summed E-state index contributed by atoms with van der Waals surface area (Å²) < 4.78 is 12.4. The maximum Gasteiger partial charge on any atom is 0.234 e. The van der Waals surface area contributed by atoms with Gasteiger partial charge in [-0.1, -0.05) is 30.0 Å². The number of anilines is 1. The molecule has 0 atom stereocenters. The van der Waals surface area contributed by atoms with Crippen molar-refractivity contribution >= 4 is 23.4 Å². The van der Waals surface area contributed by atoms with Gasteiger partial charge in [-0.15, -0.1) is 10.2 Å². The number of rotatable bonds is 9. The third-order valence-corrected chi connectivity index (χ3v) is 5.28. The van der Waals surface area contributed by atoms with Gasteiger partial charge < -0.3 is 19.4 Å². The number of hydrogen-bond acceptors (Lipinski definition) is 6. The largest absolute Gasteiger partial charge is 0.497 e. The van der Waals surface area contributed by atoms with Gasteiger partial charge in [0.25, 0.3) is 0 Å². The SMILES string of the molecule is CCn1c(Cc2ccc(OC)cc2)nnc1SCC(=O)Nc1cccc(OC)c1. The van der Waals surface area contributed by atoms with Crippen molar-refractivity contribution in [3.8, 4) is 11.5 Å². The van der Waals surface area contributed by atoms with Gasteiger partial charge in [0.05, 0.1) is 20.0 Å². The number of amides is 1. The van der Waals surface area contributed by atoms with E-state index >= 15 is 0 Å². The van der Waals surface area contributed by atoms with Crippen molar-refractivity contribution in [1.82, 2.24) is 14.8 Å². The van der Waals surface area contributed by atoms with Crippen LogP contribution in [0.1, 0.15) is 18.3 Å². The van der Waals surface area contributed by atoms with Crippen LogP contribution in [0.15, 0.2) is 53.7 Å². The van der Waals surface area contributed by atoms with Gasteiger partial charge >= 0.3 is 0 Å². The standard InChI is InChI=1S/C21H24N4O3S/c1-4-25-19(12-15-8-10-17(27-2)11-9-15)23-24-21(25)29-14-20(26)22-16-6-5-7-18(13-16)28-3/h5-11,13H,4,12,14H2,1-3H3,(H,22,26). The van der Waals surface area contributed by atoms with Crippen LogP contribution in [-0.2, 0) is 17.8 Å². The van der Waals surface area contributed by atoms with Gasteiger partial charge in [-0.05, 0) is 36.8 Å². The Labute approximate surface area is 174 Å². The van der Waals surface area contributed by atoms with E-state index in [-0.39, 0.29) is 11.7 Å². The predicted molar refractivity (Wildman–Crippen MR) is 114 cm³/mol. The van der Waals surface area contributed by atoms with Gasteiger partial charge in [0.15, 0.2) is 5.16 Å². The van der Waals surface area contributed by atoms with Gasteiger partial charge in [-0.2, -0.15) is 0 Å². The molecular weight excluding hydrogens is 388 g/mol. The summed E-state index contributed by atoms with van der Waals surface area (Å²) in [5, 5.41) is 12.2. The summed E-state index contributed by atoms with van der Waals surface area (Å²) in [6.07, 6.45) is 0.668. The highest BCUT2D eigenvalue weighted by atomic mass is 32.2. The van der Waals surface area contributed by atoms with Crippen molar-refractivity contribution < 1.29 is 14.3 Å². The summed E-state index contributed by atoms with van der Waals surface area (Å²) in [5.74, 6) is 2.53. The highest BCUT2D eigenvalue weighted by Crippen LogP contribution is 2.21. The van der Waals surface area contributed by atoms with Crippen molar-refractivity contribution in [3.05, 3.63) is 59.9 Å². The molecule has 0 aliphatic rings. The molecule has 1 amide bonds. The van der Waals surface area contributed by atoms with Crippen LogP contribution in [0.25, 0.3) is 0 Å². The first-order valence-electron chi connectivity index (χ1n) is 9.24. The number of nitrogens with one attached hydrogen (secondary N) is 1. The number of aromatic nitrogens is 3. The average molecular weight is 413 g/mol. The molecule has 29 heavy (non-hydrogen) atoms. The molecule has 0 unspecified atom stereocenters. The average Bonchev–Trinajstić information content (AvgIpc) is 3.14.